The van der Waals surface area contributed by atoms with E-state index in [-0.39, 0.29) is 0 Å². The summed E-state index contributed by atoms with van der Waals surface area (Å²) in [5, 5.41) is 3.97. The van der Waals surface area contributed by atoms with E-state index in [1.165, 1.54) is 50.8 Å². The van der Waals surface area contributed by atoms with Crippen LogP contribution in [0.5, 0.6) is 0 Å². The quantitative estimate of drug-likeness (QED) is 0.890. The Morgan fingerprint density at radius 3 is 2.52 bits per heavy atom. The van der Waals surface area contributed by atoms with Crippen molar-refractivity contribution in [2.24, 2.45) is 0 Å². The molecule has 2 aliphatic heterocycles. The highest BCUT2D eigenvalue weighted by molar-refractivity contribution is 5.47. The number of hydrogen-bond donors (Lipinski definition) is 1. The maximum absolute atomic E-state index is 5.61. The predicted molar refractivity (Wildman–Crippen MR) is 103 cm³/mol. The Balaban J connectivity index is 1.35. The molecule has 1 atom stereocenters. The molecule has 2 heterocycles. The van der Waals surface area contributed by atoms with Crippen LogP contribution in [0.25, 0.3) is 0 Å². The first-order valence-corrected chi connectivity index (χ1v) is 10.2. The Bertz CT molecular complexity index is 523. The van der Waals surface area contributed by atoms with E-state index in [1.807, 2.05) is 0 Å². The number of hydrogen-bond acceptors (Lipinski definition) is 4. The molecule has 0 radical (unpaired) electrons. The molecule has 0 aromatic heterocycles. The number of anilines is 1. The van der Waals surface area contributed by atoms with Crippen LogP contribution < -0.4 is 10.2 Å². The Hall–Kier alpha value is -1.10. The summed E-state index contributed by atoms with van der Waals surface area (Å²) in [4.78, 5) is 5.27. The van der Waals surface area contributed by atoms with Gasteiger partial charge in [0.05, 0.1) is 13.2 Å². The predicted octanol–water partition coefficient (Wildman–Crippen LogP) is 2.89. The third-order valence-electron chi connectivity index (χ3n) is 6.50. The lowest BCUT2D eigenvalue weighted by molar-refractivity contribution is -0.0375. The largest absolute Gasteiger partial charge is 0.379 e. The number of ether oxygens (including phenoxy) is 1. The second-order valence-electron chi connectivity index (χ2n) is 8.03. The maximum Gasteiger partial charge on any atom is 0.0594 e. The van der Waals surface area contributed by atoms with E-state index in [1.54, 1.807) is 0 Å². The molecule has 1 saturated carbocycles. The number of nitrogens with one attached hydrogen (secondary N) is 1. The monoisotopic (exact) mass is 343 g/mol. The molecule has 1 unspecified atom stereocenters. The average molecular weight is 344 g/mol. The minimum atomic E-state index is 0.377. The van der Waals surface area contributed by atoms with Gasteiger partial charge in [-0.05, 0) is 31.4 Å². The van der Waals surface area contributed by atoms with Gasteiger partial charge >= 0.3 is 0 Å². The van der Waals surface area contributed by atoms with Gasteiger partial charge in [0.2, 0.25) is 0 Å². The lowest BCUT2D eigenvalue weighted by Crippen LogP contribution is -2.60. The molecule has 0 spiro atoms. The van der Waals surface area contributed by atoms with Crippen LogP contribution in [0.1, 0.15) is 38.5 Å². The Kier molecular flexibility index (Phi) is 5.59. The number of nitrogens with zero attached hydrogens (tertiary/aromatic N) is 2. The van der Waals surface area contributed by atoms with Gasteiger partial charge in [0.25, 0.3) is 0 Å². The first kappa shape index (κ1) is 17.3. The lowest BCUT2D eigenvalue weighted by Gasteiger charge is -2.48. The van der Waals surface area contributed by atoms with E-state index in [2.05, 4.69) is 45.4 Å². The Labute approximate surface area is 152 Å². The van der Waals surface area contributed by atoms with Gasteiger partial charge in [-0.2, -0.15) is 0 Å². The topological polar surface area (TPSA) is 27.7 Å². The van der Waals surface area contributed by atoms with Crippen LogP contribution in [-0.2, 0) is 4.74 Å². The summed E-state index contributed by atoms with van der Waals surface area (Å²) in [5.74, 6) is 0. The van der Waals surface area contributed by atoms with Crippen molar-refractivity contribution in [1.29, 1.82) is 0 Å². The molecule has 1 aromatic rings. The van der Waals surface area contributed by atoms with Crippen LogP contribution in [0.15, 0.2) is 30.3 Å². The van der Waals surface area contributed by atoms with E-state index in [9.17, 15) is 0 Å². The van der Waals surface area contributed by atoms with E-state index in [4.69, 9.17) is 4.74 Å². The van der Waals surface area contributed by atoms with Crippen molar-refractivity contribution in [3.8, 4) is 0 Å². The SMILES string of the molecule is c1ccc(N2CCC(NCC3(N4CCOCC4)CCCCC3)C2)cc1. The maximum atomic E-state index is 5.61. The lowest BCUT2D eigenvalue weighted by atomic mass is 9.79. The molecule has 2 saturated heterocycles. The third kappa shape index (κ3) is 4.02. The normalized spacial score (nSPS) is 27.5. The summed E-state index contributed by atoms with van der Waals surface area (Å²) in [7, 11) is 0. The number of morpholine rings is 1. The van der Waals surface area contributed by atoms with Crippen molar-refractivity contribution >= 4 is 5.69 Å². The summed E-state index contributed by atoms with van der Waals surface area (Å²) < 4.78 is 5.61. The van der Waals surface area contributed by atoms with Crippen molar-refractivity contribution in [2.75, 3.05) is 50.8 Å². The van der Waals surface area contributed by atoms with Crippen LogP contribution >= 0.6 is 0 Å². The third-order valence-corrected chi connectivity index (χ3v) is 6.50. The van der Waals surface area contributed by atoms with Crippen LogP contribution in [0.3, 0.4) is 0 Å². The molecule has 4 heteroatoms. The molecule has 1 aliphatic carbocycles. The molecule has 4 rings (SSSR count). The van der Waals surface area contributed by atoms with Gasteiger partial charge in [0.15, 0.2) is 0 Å². The van der Waals surface area contributed by atoms with Gasteiger partial charge in [-0.15, -0.1) is 0 Å². The molecular formula is C21H33N3O. The Morgan fingerprint density at radius 1 is 1.00 bits per heavy atom. The molecule has 4 nitrogen and oxygen atoms in total. The summed E-state index contributed by atoms with van der Waals surface area (Å²) in [6.45, 7) is 7.51. The summed E-state index contributed by atoms with van der Waals surface area (Å²) in [5.41, 5.74) is 1.75. The van der Waals surface area contributed by atoms with Gasteiger partial charge < -0.3 is 15.0 Å². The van der Waals surface area contributed by atoms with Gasteiger partial charge in [-0.1, -0.05) is 37.5 Å². The van der Waals surface area contributed by atoms with Gasteiger partial charge in [-0.25, -0.2) is 0 Å². The molecule has 3 aliphatic rings. The minimum absolute atomic E-state index is 0.377. The zero-order chi connectivity index (χ0) is 17.0. The summed E-state index contributed by atoms with van der Waals surface area (Å²) >= 11 is 0. The Morgan fingerprint density at radius 2 is 1.76 bits per heavy atom. The first-order valence-electron chi connectivity index (χ1n) is 10.2. The van der Waals surface area contributed by atoms with Gasteiger partial charge in [-0.3, -0.25) is 4.90 Å². The van der Waals surface area contributed by atoms with Crippen molar-refractivity contribution in [3.63, 3.8) is 0 Å². The fraction of sp³-hybridized carbons (Fsp3) is 0.714. The van der Waals surface area contributed by atoms with Crippen LogP contribution in [0.2, 0.25) is 0 Å². The second-order valence-corrected chi connectivity index (χ2v) is 8.03. The highest BCUT2D eigenvalue weighted by Gasteiger charge is 2.39. The summed E-state index contributed by atoms with van der Waals surface area (Å²) in [6, 6.07) is 11.5. The molecule has 0 bridgehead atoms. The molecule has 3 fully saturated rings. The molecular weight excluding hydrogens is 310 g/mol. The fourth-order valence-electron chi connectivity index (χ4n) is 4.99. The summed E-state index contributed by atoms with van der Waals surface area (Å²) in [6.07, 6.45) is 8.16. The zero-order valence-electron chi connectivity index (χ0n) is 15.5. The van der Waals surface area contributed by atoms with Crippen molar-refractivity contribution in [1.82, 2.24) is 10.2 Å². The highest BCUT2D eigenvalue weighted by Crippen LogP contribution is 2.34. The number of rotatable bonds is 5. The first-order chi connectivity index (χ1) is 12.4. The number of para-hydroxylation sites is 1. The zero-order valence-corrected chi connectivity index (χ0v) is 15.5. The van der Waals surface area contributed by atoms with Crippen LogP contribution in [0.4, 0.5) is 5.69 Å². The molecule has 1 N–H and O–H groups in total. The molecule has 1 aromatic carbocycles. The van der Waals surface area contributed by atoms with Crippen molar-refractivity contribution in [2.45, 2.75) is 50.1 Å². The van der Waals surface area contributed by atoms with Crippen LogP contribution in [0, 0.1) is 0 Å². The average Bonchev–Trinajstić information content (AvgIpc) is 3.18. The van der Waals surface area contributed by atoms with Crippen LogP contribution in [-0.4, -0.2) is 62.4 Å². The van der Waals surface area contributed by atoms with Crippen molar-refractivity contribution < 1.29 is 4.74 Å². The van der Waals surface area contributed by atoms with Crippen molar-refractivity contribution in [3.05, 3.63) is 30.3 Å². The number of benzene rings is 1. The van der Waals surface area contributed by atoms with E-state index in [0.717, 1.165) is 39.4 Å². The van der Waals surface area contributed by atoms with E-state index >= 15 is 0 Å². The fourth-order valence-corrected chi connectivity index (χ4v) is 4.99. The standard InChI is InChI=1S/C21H33N3O/c1-3-7-20(8-4-1)23-12-9-19(17-23)22-18-21(10-5-2-6-11-21)24-13-15-25-16-14-24/h1,3-4,7-8,19,22H,2,5-6,9-18H2. The smallest absolute Gasteiger partial charge is 0.0594 e. The van der Waals surface area contributed by atoms with E-state index in [0.29, 0.717) is 11.6 Å². The van der Waals surface area contributed by atoms with E-state index < -0.39 is 0 Å². The molecule has 138 valence electrons. The minimum Gasteiger partial charge on any atom is -0.379 e. The molecule has 0 amide bonds. The van der Waals surface area contributed by atoms with Gasteiger partial charge in [0, 0.05) is 50.0 Å². The molecule has 25 heavy (non-hydrogen) atoms. The highest BCUT2D eigenvalue weighted by atomic mass is 16.5. The second kappa shape index (κ2) is 8.07. The van der Waals surface area contributed by atoms with Gasteiger partial charge in [0.1, 0.15) is 0 Å².